The summed E-state index contributed by atoms with van der Waals surface area (Å²) < 4.78 is 28.9. The van der Waals surface area contributed by atoms with Gasteiger partial charge in [-0.15, -0.1) is 0 Å². The van der Waals surface area contributed by atoms with Crippen molar-refractivity contribution in [3.8, 4) is 5.75 Å². The average Bonchev–Trinajstić information content (AvgIpc) is 2.39. The van der Waals surface area contributed by atoms with E-state index in [1.807, 2.05) is 0 Å². The fourth-order valence-corrected chi connectivity index (χ4v) is 2.31. The average molecular weight is 284 g/mol. The van der Waals surface area contributed by atoms with E-state index < -0.39 is 10.1 Å². The molecule has 19 heavy (non-hydrogen) atoms. The van der Waals surface area contributed by atoms with Gasteiger partial charge in [0.2, 0.25) is 0 Å². The first-order chi connectivity index (χ1) is 8.59. The molecule has 0 aliphatic heterocycles. The van der Waals surface area contributed by atoms with E-state index in [9.17, 15) is 8.42 Å². The van der Waals surface area contributed by atoms with Gasteiger partial charge in [0, 0.05) is 0 Å². The summed E-state index contributed by atoms with van der Waals surface area (Å²) in [5.41, 5.74) is 0.522. The van der Waals surface area contributed by atoms with E-state index in [2.05, 4.69) is 6.58 Å². The third-order valence-electron chi connectivity index (χ3n) is 2.35. The first-order valence-electron chi connectivity index (χ1n) is 5.33. The van der Waals surface area contributed by atoms with Crippen LogP contribution in [0, 0.1) is 0 Å². The SMILES string of the molecule is C=C(c1ccccc1)S(=O)(=O)Oc1ccccc1.[NaH]. The van der Waals surface area contributed by atoms with Gasteiger partial charge in [-0.1, -0.05) is 55.1 Å². The van der Waals surface area contributed by atoms with Crippen molar-refractivity contribution in [1.82, 2.24) is 0 Å². The Hall–Kier alpha value is -1.07. The van der Waals surface area contributed by atoms with Crippen molar-refractivity contribution in [1.29, 1.82) is 0 Å². The van der Waals surface area contributed by atoms with Crippen LogP contribution >= 0.6 is 0 Å². The van der Waals surface area contributed by atoms with Gasteiger partial charge in [-0.2, -0.15) is 8.42 Å². The molecule has 0 saturated carbocycles. The summed E-state index contributed by atoms with van der Waals surface area (Å²) in [6.07, 6.45) is 0. The van der Waals surface area contributed by atoms with Crippen LogP contribution in [-0.2, 0) is 10.1 Å². The molecule has 0 heterocycles. The summed E-state index contributed by atoms with van der Waals surface area (Å²) in [4.78, 5) is -0.0491. The predicted molar refractivity (Wildman–Crippen MR) is 78.6 cm³/mol. The molecule has 3 nitrogen and oxygen atoms in total. The molecule has 0 bridgehead atoms. The molecule has 2 aromatic carbocycles. The maximum atomic E-state index is 12.0. The van der Waals surface area contributed by atoms with Crippen molar-refractivity contribution >= 4 is 44.6 Å². The van der Waals surface area contributed by atoms with Crippen molar-refractivity contribution in [3.63, 3.8) is 0 Å². The molecule has 2 rings (SSSR count). The molecule has 0 aliphatic carbocycles. The van der Waals surface area contributed by atoms with Crippen LogP contribution in [0.1, 0.15) is 5.56 Å². The number of rotatable bonds is 4. The van der Waals surface area contributed by atoms with Crippen LogP contribution in [0.5, 0.6) is 5.75 Å². The second-order valence-electron chi connectivity index (χ2n) is 3.64. The fourth-order valence-electron chi connectivity index (χ4n) is 1.42. The number of hydrogen-bond donors (Lipinski definition) is 0. The zero-order valence-corrected chi connectivity index (χ0v) is 10.4. The van der Waals surface area contributed by atoms with Crippen molar-refractivity contribution in [2.24, 2.45) is 0 Å². The second-order valence-corrected chi connectivity index (χ2v) is 5.21. The van der Waals surface area contributed by atoms with Crippen LogP contribution in [0.25, 0.3) is 4.91 Å². The maximum absolute atomic E-state index is 12.0. The first-order valence-corrected chi connectivity index (χ1v) is 6.74. The summed E-state index contributed by atoms with van der Waals surface area (Å²) in [5.74, 6) is 0.273. The Labute approximate surface area is 135 Å². The molecular formula is C14H13NaO3S. The Morgan fingerprint density at radius 2 is 1.37 bits per heavy atom. The first kappa shape index (κ1) is 16.0. The molecule has 0 unspecified atom stereocenters. The van der Waals surface area contributed by atoms with Gasteiger partial charge in [0.1, 0.15) is 10.7 Å². The van der Waals surface area contributed by atoms with Gasteiger partial charge >= 0.3 is 39.7 Å². The van der Waals surface area contributed by atoms with Crippen LogP contribution < -0.4 is 4.18 Å². The Balaban J connectivity index is 0.00000180. The van der Waals surface area contributed by atoms with Crippen LogP contribution in [0.4, 0.5) is 0 Å². The van der Waals surface area contributed by atoms with Crippen LogP contribution in [-0.4, -0.2) is 38.0 Å². The minimum absolute atomic E-state index is 0. The Morgan fingerprint density at radius 3 is 1.89 bits per heavy atom. The van der Waals surface area contributed by atoms with Crippen molar-refractivity contribution in [2.45, 2.75) is 0 Å². The van der Waals surface area contributed by atoms with Gasteiger partial charge in [-0.05, 0) is 17.7 Å². The number of para-hydroxylation sites is 1. The zero-order valence-electron chi connectivity index (χ0n) is 9.61. The number of benzene rings is 2. The Bertz CT molecular complexity index is 637. The van der Waals surface area contributed by atoms with E-state index in [1.54, 1.807) is 60.7 Å². The topological polar surface area (TPSA) is 43.4 Å². The summed E-state index contributed by atoms with van der Waals surface area (Å²) in [6.45, 7) is 3.58. The summed E-state index contributed by atoms with van der Waals surface area (Å²) in [6, 6.07) is 17.0. The molecule has 0 N–H and O–H groups in total. The van der Waals surface area contributed by atoms with Crippen LogP contribution in [0.2, 0.25) is 0 Å². The Kier molecular flexibility index (Phi) is 5.82. The third kappa shape index (κ3) is 4.21. The van der Waals surface area contributed by atoms with E-state index in [4.69, 9.17) is 4.18 Å². The van der Waals surface area contributed by atoms with E-state index >= 15 is 0 Å². The van der Waals surface area contributed by atoms with Gasteiger partial charge < -0.3 is 4.18 Å². The quantitative estimate of drug-likeness (QED) is 0.639. The molecule has 2 aromatic rings. The summed E-state index contributed by atoms with van der Waals surface area (Å²) >= 11 is 0. The van der Waals surface area contributed by atoms with Crippen molar-refractivity contribution in [2.75, 3.05) is 0 Å². The monoisotopic (exact) mass is 284 g/mol. The third-order valence-corrected chi connectivity index (χ3v) is 3.60. The Morgan fingerprint density at radius 1 is 0.895 bits per heavy atom. The second kappa shape index (κ2) is 6.91. The number of hydrogen-bond acceptors (Lipinski definition) is 3. The fraction of sp³-hybridized carbons (Fsp3) is 0. The van der Waals surface area contributed by atoms with Crippen LogP contribution in [0.15, 0.2) is 67.2 Å². The molecule has 5 heteroatoms. The van der Waals surface area contributed by atoms with Gasteiger partial charge in [-0.25, -0.2) is 0 Å². The zero-order chi connectivity index (χ0) is 13.0. The minimum atomic E-state index is -3.86. The summed E-state index contributed by atoms with van der Waals surface area (Å²) in [5, 5.41) is 0. The van der Waals surface area contributed by atoms with E-state index in [0.29, 0.717) is 5.56 Å². The van der Waals surface area contributed by atoms with Gasteiger partial charge in [0.25, 0.3) is 0 Å². The molecule has 0 aliphatic rings. The van der Waals surface area contributed by atoms with Crippen molar-refractivity contribution in [3.05, 3.63) is 72.8 Å². The van der Waals surface area contributed by atoms with Crippen molar-refractivity contribution < 1.29 is 12.6 Å². The van der Waals surface area contributed by atoms with Gasteiger partial charge in [0.05, 0.1) is 0 Å². The molecule has 0 saturated heterocycles. The van der Waals surface area contributed by atoms with E-state index in [1.165, 1.54) is 0 Å². The van der Waals surface area contributed by atoms with E-state index in [-0.39, 0.29) is 40.2 Å². The van der Waals surface area contributed by atoms with Gasteiger partial charge in [0.15, 0.2) is 0 Å². The summed E-state index contributed by atoms with van der Waals surface area (Å²) in [7, 11) is -3.86. The van der Waals surface area contributed by atoms with E-state index in [0.717, 1.165) is 0 Å². The van der Waals surface area contributed by atoms with Crippen LogP contribution in [0.3, 0.4) is 0 Å². The molecule has 0 aromatic heterocycles. The van der Waals surface area contributed by atoms with Gasteiger partial charge in [-0.3, -0.25) is 0 Å². The predicted octanol–water partition coefficient (Wildman–Crippen LogP) is 2.42. The molecule has 0 spiro atoms. The molecule has 0 fully saturated rings. The standard InChI is InChI=1S/C14H12O3S.Na.H/c1-12(13-8-4-2-5-9-13)18(15,16)17-14-10-6-3-7-11-14;;/h2-11H,1H2;;. The normalized spacial score (nSPS) is 10.3. The molecule has 94 valence electrons. The molecule has 0 atom stereocenters. The molecule has 0 amide bonds. The molecular weight excluding hydrogens is 271 g/mol. The molecule has 0 radical (unpaired) electrons.